The molecular weight excluding hydrogens is 188 g/mol. The lowest BCUT2D eigenvalue weighted by Crippen LogP contribution is -2.14. The summed E-state index contributed by atoms with van der Waals surface area (Å²) in [4.78, 5) is 0. The van der Waals surface area contributed by atoms with Crippen LogP contribution in [0.4, 0.5) is 0 Å². The first-order valence-corrected chi connectivity index (χ1v) is 5.40. The Balaban J connectivity index is 1.84. The zero-order valence-electron chi connectivity index (χ0n) is 8.82. The maximum atomic E-state index is 8.86. The van der Waals surface area contributed by atoms with Gasteiger partial charge in [0.25, 0.3) is 0 Å². The Bertz CT molecular complexity index is 436. The van der Waals surface area contributed by atoms with Crippen molar-refractivity contribution in [2.75, 3.05) is 6.54 Å². The van der Waals surface area contributed by atoms with E-state index in [1.807, 2.05) is 13.1 Å². The third-order valence-corrected chi connectivity index (χ3v) is 3.69. The van der Waals surface area contributed by atoms with Crippen LogP contribution in [0.3, 0.4) is 0 Å². The van der Waals surface area contributed by atoms with Crippen LogP contribution in [-0.4, -0.2) is 16.3 Å². The number of rotatable bonds is 1. The summed E-state index contributed by atoms with van der Waals surface area (Å²) < 4.78 is 1.66. The molecule has 4 nitrogen and oxygen atoms in total. The van der Waals surface area contributed by atoms with E-state index < -0.39 is 0 Å². The van der Waals surface area contributed by atoms with Gasteiger partial charge in [0.05, 0.1) is 11.7 Å². The molecule has 0 radical (unpaired) electrons. The van der Waals surface area contributed by atoms with Crippen LogP contribution < -0.4 is 5.32 Å². The van der Waals surface area contributed by atoms with E-state index in [1.165, 1.54) is 19.3 Å². The lowest BCUT2D eigenvalue weighted by atomic mass is 10.0. The fourth-order valence-corrected chi connectivity index (χ4v) is 2.45. The molecule has 2 heterocycles. The van der Waals surface area contributed by atoms with Crippen molar-refractivity contribution >= 4 is 0 Å². The molecule has 1 N–H and O–H groups in total. The molecule has 3 rings (SSSR count). The zero-order chi connectivity index (χ0) is 10.5. The lowest BCUT2D eigenvalue weighted by molar-refractivity contribution is 0.543. The zero-order valence-corrected chi connectivity index (χ0v) is 8.82. The minimum absolute atomic E-state index is 0.362. The third kappa shape index (κ3) is 1.35. The van der Waals surface area contributed by atoms with E-state index in [1.54, 1.807) is 4.68 Å². The number of aromatic nitrogens is 2. The summed E-state index contributed by atoms with van der Waals surface area (Å²) in [7, 11) is 1.82. The predicted molar refractivity (Wildman–Crippen MR) is 55.0 cm³/mol. The first-order chi connectivity index (χ1) is 7.22. The summed E-state index contributed by atoms with van der Waals surface area (Å²) in [6.45, 7) is 1.12. The van der Waals surface area contributed by atoms with Crippen molar-refractivity contribution in [1.82, 2.24) is 15.1 Å². The highest BCUT2D eigenvalue weighted by Crippen LogP contribution is 2.54. The first-order valence-electron chi connectivity index (χ1n) is 5.40. The Labute approximate surface area is 88.9 Å². The van der Waals surface area contributed by atoms with Gasteiger partial charge < -0.3 is 5.32 Å². The van der Waals surface area contributed by atoms with Gasteiger partial charge in [0.15, 0.2) is 0 Å². The summed E-state index contributed by atoms with van der Waals surface area (Å²) >= 11 is 0. The molecule has 15 heavy (non-hydrogen) atoms. The van der Waals surface area contributed by atoms with E-state index in [4.69, 9.17) is 5.26 Å². The van der Waals surface area contributed by atoms with Gasteiger partial charge in [-0.05, 0) is 30.7 Å². The van der Waals surface area contributed by atoms with Gasteiger partial charge in [-0.2, -0.15) is 10.4 Å². The monoisotopic (exact) mass is 202 g/mol. The van der Waals surface area contributed by atoms with Crippen LogP contribution >= 0.6 is 0 Å². The molecule has 0 amide bonds. The van der Waals surface area contributed by atoms with Crippen LogP contribution in [0.2, 0.25) is 0 Å². The van der Waals surface area contributed by atoms with Gasteiger partial charge in [0, 0.05) is 13.6 Å². The van der Waals surface area contributed by atoms with E-state index >= 15 is 0 Å². The predicted octanol–water partition coefficient (Wildman–Crippen LogP) is 1.11. The average Bonchev–Trinajstić information content (AvgIpc) is 2.69. The lowest BCUT2D eigenvalue weighted by Gasteiger charge is -2.05. The Morgan fingerprint density at radius 2 is 2.47 bits per heavy atom. The molecule has 0 bridgehead atoms. The highest BCUT2D eigenvalue weighted by atomic mass is 15.3. The Morgan fingerprint density at radius 3 is 3.00 bits per heavy atom. The van der Waals surface area contributed by atoms with Gasteiger partial charge in [-0.15, -0.1) is 0 Å². The largest absolute Gasteiger partial charge is 0.308 e. The summed E-state index contributed by atoms with van der Waals surface area (Å²) in [6, 6.07) is 4.41. The normalized spacial score (nSPS) is 26.8. The molecule has 1 atom stereocenters. The molecule has 0 unspecified atom stereocenters. The van der Waals surface area contributed by atoms with E-state index in [0.717, 1.165) is 12.2 Å². The van der Waals surface area contributed by atoms with Crippen molar-refractivity contribution < 1.29 is 0 Å². The Morgan fingerprint density at radius 1 is 1.67 bits per heavy atom. The molecule has 1 aromatic rings. The highest BCUT2D eigenvalue weighted by molar-refractivity contribution is 5.26. The van der Waals surface area contributed by atoms with Gasteiger partial charge in [0.2, 0.25) is 0 Å². The molecular formula is C11H14N4. The summed E-state index contributed by atoms with van der Waals surface area (Å²) in [5, 5.41) is 16.8. The fraction of sp³-hybridized carbons (Fsp3) is 0.636. The highest BCUT2D eigenvalue weighted by Gasteiger charge is 2.48. The third-order valence-electron chi connectivity index (χ3n) is 3.69. The van der Waals surface area contributed by atoms with Crippen LogP contribution in [0.1, 0.15) is 36.7 Å². The summed E-state index contributed by atoms with van der Waals surface area (Å²) in [5.41, 5.74) is 2.25. The number of nitrogens with zero attached hydrogens (tertiary/aromatic N) is 3. The molecule has 2 aliphatic rings. The van der Waals surface area contributed by atoms with Crippen molar-refractivity contribution in [2.45, 2.75) is 25.3 Å². The summed E-state index contributed by atoms with van der Waals surface area (Å²) in [5.74, 6) is 0. The number of hydrogen-bond acceptors (Lipinski definition) is 3. The van der Waals surface area contributed by atoms with E-state index in [-0.39, 0.29) is 0 Å². The van der Waals surface area contributed by atoms with Crippen LogP contribution in [0.25, 0.3) is 0 Å². The van der Waals surface area contributed by atoms with Crippen molar-refractivity contribution in [3.63, 3.8) is 0 Å². The molecule has 1 spiro atoms. The minimum atomic E-state index is 0.362. The second kappa shape index (κ2) is 2.83. The maximum absolute atomic E-state index is 8.86. The minimum Gasteiger partial charge on any atom is -0.308 e. The molecule has 1 saturated heterocycles. The van der Waals surface area contributed by atoms with Gasteiger partial charge in [0.1, 0.15) is 11.8 Å². The van der Waals surface area contributed by atoms with Crippen molar-refractivity contribution in [2.24, 2.45) is 12.5 Å². The SMILES string of the molecule is Cn1nc([C@@H]2CC3(CC3)CN2)cc1C#N. The van der Waals surface area contributed by atoms with E-state index in [0.29, 0.717) is 17.2 Å². The number of nitriles is 1. The van der Waals surface area contributed by atoms with Crippen molar-refractivity contribution in [3.8, 4) is 6.07 Å². The van der Waals surface area contributed by atoms with Crippen LogP contribution in [0, 0.1) is 16.7 Å². The number of aryl methyl sites for hydroxylation is 1. The quantitative estimate of drug-likeness (QED) is 0.742. The van der Waals surface area contributed by atoms with E-state index in [2.05, 4.69) is 16.5 Å². The second-order valence-corrected chi connectivity index (χ2v) is 4.83. The molecule has 1 aromatic heterocycles. The Kier molecular flexibility index (Phi) is 1.68. The molecule has 1 aliphatic heterocycles. The molecule has 78 valence electrons. The van der Waals surface area contributed by atoms with Gasteiger partial charge >= 0.3 is 0 Å². The molecule has 1 aliphatic carbocycles. The first kappa shape index (κ1) is 8.93. The summed E-state index contributed by atoms with van der Waals surface area (Å²) in [6.07, 6.45) is 3.90. The molecule has 4 heteroatoms. The van der Waals surface area contributed by atoms with Gasteiger partial charge in [-0.3, -0.25) is 4.68 Å². The topological polar surface area (TPSA) is 53.6 Å². The molecule has 1 saturated carbocycles. The van der Waals surface area contributed by atoms with Crippen LogP contribution in [-0.2, 0) is 7.05 Å². The number of hydrogen-bond donors (Lipinski definition) is 1. The smallest absolute Gasteiger partial charge is 0.138 e. The number of nitrogens with one attached hydrogen (secondary N) is 1. The Hall–Kier alpha value is -1.34. The fourth-order valence-electron chi connectivity index (χ4n) is 2.45. The second-order valence-electron chi connectivity index (χ2n) is 4.83. The van der Waals surface area contributed by atoms with Crippen molar-refractivity contribution in [1.29, 1.82) is 5.26 Å². The van der Waals surface area contributed by atoms with Gasteiger partial charge in [-0.25, -0.2) is 0 Å². The molecule has 0 aromatic carbocycles. The van der Waals surface area contributed by atoms with Crippen LogP contribution in [0.15, 0.2) is 6.07 Å². The molecule has 2 fully saturated rings. The van der Waals surface area contributed by atoms with E-state index in [9.17, 15) is 0 Å². The maximum Gasteiger partial charge on any atom is 0.138 e. The van der Waals surface area contributed by atoms with Crippen molar-refractivity contribution in [3.05, 3.63) is 17.5 Å². The standard InChI is InChI=1S/C11H14N4/c1-15-8(6-12)4-9(14-15)10-5-11(2-3-11)7-13-10/h4,10,13H,2-3,5,7H2,1H3/t10-/m0/s1. The van der Waals surface area contributed by atoms with Crippen LogP contribution in [0.5, 0.6) is 0 Å². The average molecular weight is 202 g/mol. The van der Waals surface area contributed by atoms with Gasteiger partial charge in [-0.1, -0.05) is 0 Å².